The summed E-state index contributed by atoms with van der Waals surface area (Å²) in [6, 6.07) is 8.72. The highest BCUT2D eigenvalue weighted by Gasteiger charge is 2.36. The van der Waals surface area contributed by atoms with E-state index in [2.05, 4.69) is 29.2 Å². The average Bonchev–Trinajstić information content (AvgIpc) is 2.36. The van der Waals surface area contributed by atoms with Gasteiger partial charge in [-0.25, -0.2) is 0 Å². The molecule has 0 atom stereocenters. The number of nitrogens with two attached hydrogens (primary N) is 1. The fourth-order valence-electron chi connectivity index (χ4n) is 3.36. The predicted molar refractivity (Wildman–Crippen MR) is 70.7 cm³/mol. The molecule has 2 saturated heterocycles. The highest BCUT2D eigenvalue weighted by molar-refractivity contribution is 5.23. The van der Waals surface area contributed by atoms with Crippen LogP contribution in [0, 0.1) is 11.8 Å². The molecule has 1 aliphatic carbocycles. The van der Waals surface area contributed by atoms with Crippen LogP contribution in [0.1, 0.15) is 24.0 Å². The molecular weight excluding hydrogens is 208 g/mol. The number of hydrogen-bond donors (Lipinski definition) is 1. The van der Waals surface area contributed by atoms with Gasteiger partial charge in [0.05, 0.1) is 0 Å². The molecule has 0 aromatic heterocycles. The molecule has 3 fully saturated rings. The monoisotopic (exact) mass is 230 g/mol. The van der Waals surface area contributed by atoms with Crippen molar-refractivity contribution < 1.29 is 0 Å². The standard InChI is InChI=1S/C15H22N2/c16-9-13-3-1-2-12(6-13)4-5-17-10-14-7-15(8-14)11-17/h1-3,6,14-15H,4-5,7-11,16H2. The van der Waals surface area contributed by atoms with Crippen LogP contribution in [0.4, 0.5) is 0 Å². The molecule has 1 aromatic rings. The molecule has 0 amide bonds. The molecule has 2 aliphatic heterocycles. The van der Waals surface area contributed by atoms with Gasteiger partial charge in [0.25, 0.3) is 0 Å². The average molecular weight is 230 g/mol. The molecule has 1 saturated carbocycles. The Hall–Kier alpha value is -0.860. The SMILES string of the molecule is NCc1cccc(CCN2CC3CC(C3)C2)c1. The van der Waals surface area contributed by atoms with Gasteiger partial charge in [-0.1, -0.05) is 24.3 Å². The summed E-state index contributed by atoms with van der Waals surface area (Å²) in [7, 11) is 0. The number of hydrogen-bond acceptors (Lipinski definition) is 2. The van der Waals surface area contributed by atoms with E-state index in [1.807, 2.05) is 0 Å². The molecule has 92 valence electrons. The van der Waals surface area contributed by atoms with Crippen LogP contribution < -0.4 is 5.73 Å². The minimum absolute atomic E-state index is 0.654. The fourth-order valence-corrected chi connectivity index (χ4v) is 3.36. The van der Waals surface area contributed by atoms with E-state index in [0.717, 1.165) is 11.8 Å². The summed E-state index contributed by atoms with van der Waals surface area (Å²) >= 11 is 0. The van der Waals surface area contributed by atoms with Gasteiger partial charge < -0.3 is 10.6 Å². The molecule has 1 aromatic carbocycles. The molecule has 0 unspecified atom stereocenters. The molecule has 2 N–H and O–H groups in total. The summed E-state index contributed by atoms with van der Waals surface area (Å²) in [5.41, 5.74) is 8.36. The van der Waals surface area contributed by atoms with Crippen LogP contribution in [-0.2, 0) is 13.0 Å². The van der Waals surface area contributed by atoms with Gasteiger partial charge in [0.2, 0.25) is 0 Å². The van der Waals surface area contributed by atoms with Crippen LogP contribution in [0.25, 0.3) is 0 Å². The first-order valence-corrected chi connectivity index (χ1v) is 6.83. The van der Waals surface area contributed by atoms with Crippen LogP contribution in [0.3, 0.4) is 0 Å². The van der Waals surface area contributed by atoms with E-state index in [0.29, 0.717) is 6.54 Å². The molecule has 2 bridgehead atoms. The van der Waals surface area contributed by atoms with E-state index in [1.54, 1.807) is 0 Å². The molecular formula is C15H22N2. The Bertz CT molecular complexity index is 372. The Morgan fingerprint density at radius 2 is 1.82 bits per heavy atom. The Morgan fingerprint density at radius 3 is 2.53 bits per heavy atom. The van der Waals surface area contributed by atoms with Gasteiger partial charge in [0, 0.05) is 26.2 Å². The maximum Gasteiger partial charge on any atom is 0.0178 e. The van der Waals surface area contributed by atoms with Gasteiger partial charge in [-0.3, -0.25) is 0 Å². The minimum atomic E-state index is 0.654. The van der Waals surface area contributed by atoms with Gasteiger partial charge in [-0.15, -0.1) is 0 Å². The van der Waals surface area contributed by atoms with Gasteiger partial charge in [0.1, 0.15) is 0 Å². The Balaban J connectivity index is 1.53. The highest BCUT2D eigenvalue weighted by Crippen LogP contribution is 2.39. The second kappa shape index (κ2) is 4.79. The number of piperidine rings is 2. The third-order valence-electron chi connectivity index (χ3n) is 4.31. The summed E-state index contributed by atoms with van der Waals surface area (Å²) < 4.78 is 0. The van der Waals surface area contributed by atoms with Crippen molar-refractivity contribution >= 4 is 0 Å². The quantitative estimate of drug-likeness (QED) is 0.857. The number of benzene rings is 1. The first-order valence-electron chi connectivity index (χ1n) is 6.83. The summed E-state index contributed by atoms with van der Waals surface area (Å²) in [6.07, 6.45) is 4.17. The number of fused-ring (bicyclic) bond motifs is 2. The largest absolute Gasteiger partial charge is 0.326 e. The van der Waals surface area contributed by atoms with Gasteiger partial charge >= 0.3 is 0 Å². The lowest BCUT2D eigenvalue weighted by Crippen LogP contribution is -2.49. The van der Waals surface area contributed by atoms with Crippen LogP contribution in [0.5, 0.6) is 0 Å². The summed E-state index contributed by atoms with van der Waals surface area (Å²) in [4.78, 5) is 2.65. The second-order valence-electron chi connectivity index (χ2n) is 5.74. The van der Waals surface area contributed by atoms with Crippen molar-refractivity contribution in [1.82, 2.24) is 4.90 Å². The molecule has 2 nitrogen and oxygen atoms in total. The summed E-state index contributed by atoms with van der Waals surface area (Å²) in [5, 5.41) is 0. The van der Waals surface area contributed by atoms with E-state index in [4.69, 9.17) is 5.73 Å². The van der Waals surface area contributed by atoms with E-state index < -0.39 is 0 Å². The van der Waals surface area contributed by atoms with Crippen LogP contribution in [0.2, 0.25) is 0 Å². The Labute approximate surface area is 104 Å². The van der Waals surface area contributed by atoms with Crippen LogP contribution >= 0.6 is 0 Å². The molecule has 17 heavy (non-hydrogen) atoms. The summed E-state index contributed by atoms with van der Waals surface area (Å²) in [5.74, 6) is 2.04. The minimum Gasteiger partial charge on any atom is -0.326 e. The van der Waals surface area contributed by atoms with Crippen molar-refractivity contribution in [2.45, 2.75) is 25.8 Å². The fraction of sp³-hybridized carbons (Fsp3) is 0.600. The van der Waals surface area contributed by atoms with Gasteiger partial charge in [-0.05, 0) is 42.2 Å². The predicted octanol–water partition coefficient (Wildman–Crippen LogP) is 2.03. The van der Waals surface area contributed by atoms with Crippen molar-refractivity contribution in [2.75, 3.05) is 19.6 Å². The number of nitrogens with zero attached hydrogens (tertiary/aromatic N) is 1. The van der Waals surface area contributed by atoms with Gasteiger partial charge in [0.15, 0.2) is 0 Å². The van der Waals surface area contributed by atoms with Crippen molar-refractivity contribution in [3.63, 3.8) is 0 Å². The maximum absolute atomic E-state index is 5.67. The van der Waals surface area contributed by atoms with Crippen molar-refractivity contribution in [1.29, 1.82) is 0 Å². The van der Waals surface area contributed by atoms with E-state index in [1.165, 1.54) is 50.0 Å². The zero-order chi connectivity index (χ0) is 11.7. The molecule has 4 rings (SSSR count). The second-order valence-corrected chi connectivity index (χ2v) is 5.74. The normalized spacial score (nSPS) is 27.8. The first-order chi connectivity index (χ1) is 8.33. The topological polar surface area (TPSA) is 29.3 Å². The Kier molecular flexibility index (Phi) is 3.17. The van der Waals surface area contributed by atoms with Crippen molar-refractivity contribution in [3.05, 3.63) is 35.4 Å². The molecule has 2 heterocycles. The molecule has 0 spiro atoms. The van der Waals surface area contributed by atoms with Gasteiger partial charge in [-0.2, -0.15) is 0 Å². The van der Waals surface area contributed by atoms with Crippen molar-refractivity contribution in [2.24, 2.45) is 17.6 Å². The first kappa shape index (κ1) is 11.2. The molecule has 3 aliphatic rings. The number of rotatable bonds is 4. The third kappa shape index (κ3) is 2.53. The molecule has 0 radical (unpaired) electrons. The Morgan fingerprint density at radius 1 is 1.12 bits per heavy atom. The third-order valence-corrected chi connectivity index (χ3v) is 4.31. The lowest BCUT2D eigenvalue weighted by atomic mass is 9.71. The lowest BCUT2D eigenvalue weighted by molar-refractivity contribution is 0.0284. The van der Waals surface area contributed by atoms with E-state index in [9.17, 15) is 0 Å². The van der Waals surface area contributed by atoms with E-state index >= 15 is 0 Å². The zero-order valence-corrected chi connectivity index (χ0v) is 10.4. The van der Waals surface area contributed by atoms with Crippen LogP contribution in [-0.4, -0.2) is 24.5 Å². The zero-order valence-electron chi connectivity index (χ0n) is 10.4. The van der Waals surface area contributed by atoms with Crippen molar-refractivity contribution in [3.8, 4) is 0 Å². The summed E-state index contributed by atoms with van der Waals surface area (Å²) in [6.45, 7) is 4.56. The molecule has 2 heteroatoms. The highest BCUT2D eigenvalue weighted by atomic mass is 15.1. The smallest absolute Gasteiger partial charge is 0.0178 e. The maximum atomic E-state index is 5.67. The van der Waals surface area contributed by atoms with E-state index in [-0.39, 0.29) is 0 Å². The lowest BCUT2D eigenvalue weighted by Gasteiger charge is -2.47. The van der Waals surface area contributed by atoms with Crippen LogP contribution in [0.15, 0.2) is 24.3 Å².